The van der Waals surface area contributed by atoms with Crippen molar-refractivity contribution in [2.75, 3.05) is 11.9 Å². The highest BCUT2D eigenvalue weighted by atomic mass is 79.9. The third kappa shape index (κ3) is 3.22. The third-order valence-corrected chi connectivity index (χ3v) is 4.49. The Morgan fingerprint density at radius 2 is 2.37 bits per heavy atom. The van der Waals surface area contributed by atoms with Gasteiger partial charge in [0.05, 0.1) is 11.1 Å². The molecule has 1 saturated heterocycles. The third-order valence-electron chi connectivity index (χ3n) is 3.28. The minimum atomic E-state index is -0.981. The van der Waals surface area contributed by atoms with Crippen LogP contribution in [0.15, 0.2) is 22.7 Å². The van der Waals surface area contributed by atoms with Crippen LogP contribution in [-0.2, 0) is 9.53 Å². The molecule has 1 aromatic carbocycles. The van der Waals surface area contributed by atoms with E-state index in [1.165, 1.54) is 0 Å². The maximum Gasteiger partial charge on any atom is 0.329 e. The standard InChI is InChI=1S/C13H15BrClNO3/c1-8-7-13(12(17)18,4-5-19-8)16-9-2-3-11(15)10(14)6-9/h2-3,6,8,16H,4-5,7H2,1H3,(H,17,18). The van der Waals surface area contributed by atoms with Crippen LogP contribution in [0.5, 0.6) is 0 Å². The molecule has 0 radical (unpaired) electrons. The zero-order valence-corrected chi connectivity index (χ0v) is 12.8. The van der Waals surface area contributed by atoms with Crippen LogP contribution in [0.1, 0.15) is 19.8 Å². The molecule has 19 heavy (non-hydrogen) atoms. The monoisotopic (exact) mass is 347 g/mol. The second-order valence-corrected chi connectivity index (χ2v) is 6.04. The van der Waals surface area contributed by atoms with Gasteiger partial charge < -0.3 is 15.2 Å². The van der Waals surface area contributed by atoms with Crippen molar-refractivity contribution in [1.82, 2.24) is 0 Å². The Bertz CT molecular complexity index is 497. The lowest BCUT2D eigenvalue weighted by molar-refractivity contribution is -0.147. The maximum absolute atomic E-state index is 11.6. The molecule has 6 heteroatoms. The van der Waals surface area contributed by atoms with Gasteiger partial charge in [0.1, 0.15) is 5.54 Å². The normalized spacial score (nSPS) is 27.0. The van der Waals surface area contributed by atoms with E-state index in [1.54, 1.807) is 18.2 Å². The number of hydrogen-bond acceptors (Lipinski definition) is 3. The fourth-order valence-electron chi connectivity index (χ4n) is 2.30. The van der Waals surface area contributed by atoms with Crippen LogP contribution in [0, 0.1) is 0 Å². The molecule has 0 spiro atoms. The van der Waals surface area contributed by atoms with Crippen molar-refractivity contribution in [1.29, 1.82) is 0 Å². The van der Waals surface area contributed by atoms with Gasteiger partial charge in [0.15, 0.2) is 0 Å². The molecule has 104 valence electrons. The summed E-state index contributed by atoms with van der Waals surface area (Å²) in [6.07, 6.45) is 0.795. The summed E-state index contributed by atoms with van der Waals surface area (Å²) >= 11 is 9.27. The van der Waals surface area contributed by atoms with Gasteiger partial charge in [-0.3, -0.25) is 0 Å². The van der Waals surface area contributed by atoms with Gasteiger partial charge in [-0.1, -0.05) is 11.6 Å². The van der Waals surface area contributed by atoms with E-state index in [0.29, 0.717) is 24.5 Å². The average Bonchev–Trinajstić information content (AvgIpc) is 2.34. The number of carbonyl (C=O) groups is 1. The molecule has 0 bridgehead atoms. The number of halogens is 2. The molecule has 0 amide bonds. The van der Waals surface area contributed by atoms with E-state index >= 15 is 0 Å². The van der Waals surface area contributed by atoms with E-state index in [1.807, 2.05) is 6.92 Å². The number of rotatable bonds is 3. The van der Waals surface area contributed by atoms with Gasteiger partial charge in [-0.05, 0) is 41.1 Å². The van der Waals surface area contributed by atoms with E-state index < -0.39 is 11.5 Å². The van der Waals surface area contributed by atoms with Crippen LogP contribution in [-0.4, -0.2) is 29.3 Å². The van der Waals surface area contributed by atoms with E-state index in [4.69, 9.17) is 16.3 Å². The van der Waals surface area contributed by atoms with E-state index in [2.05, 4.69) is 21.2 Å². The minimum Gasteiger partial charge on any atom is -0.480 e. The van der Waals surface area contributed by atoms with Gasteiger partial charge >= 0.3 is 5.97 Å². The van der Waals surface area contributed by atoms with Crippen molar-refractivity contribution < 1.29 is 14.6 Å². The predicted octanol–water partition coefficient (Wildman–Crippen LogP) is 3.54. The summed E-state index contributed by atoms with van der Waals surface area (Å²) in [4.78, 5) is 11.6. The highest BCUT2D eigenvalue weighted by Crippen LogP contribution is 2.32. The molecule has 1 heterocycles. The number of nitrogens with one attached hydrogen (secondary N) is 1. The topological polar surface area (TPSA) is 58.6 Å². The first-order chi connectivity index (χ1) is 8.93. The molecule has 0 saturated carbocycles. The maximum atomic E-state index is 11.6. The van der Waals surface area contributed by atoms with E-state index in [0.717, 1.165) is 10.2 Å². The number of anilines is 1. The smallest absolute Gasteiger partial charge is 0.329 e. The van der Waals surface area contributed by atoms with Crippen molar-refractivity contribution in [2.24, 2.45) is 0 Å². The van der Waals surface area contributed by atoms with E-state index in [9.17, 15) is 9.90 Å². The van der Waals surface area contributed by atoms with E-state index in [-0.39, 0.29) is 6.10 Å². The number of hydrogen-bond donors (Lipinski definition) is 2. The molecule has 1 aromatic rings. The second-order valence-electron chi connectivity index (χ2n) is 4.78. The van der Waals surface area contributed by atoms with Gasteiger partial charge in [0.2, 0.25) is 0 Å². The molecular weight excluding hydrogens is 334 g/mol. The highest BCUT2D eigenvalue weighted by molar-refractivity contribution is 9.10. The van der Waals surface area contributed by atoms with Crippen molar-refractivity contribution >= 4 is 39.2 Å². The largest absolute Gasteiger partial charge is 0.480 e. The number of aliphatic carboxylic acids is 1. The molecule has 2 N–H and O–H groups in total. The van der Waals surface area contributed by atoms with Crippen molar-refractivity contribution in [3.8, 4) is 0 Å². The molecule has 2 unspecified atom stereocenters. The van der Waals surface area contributed by atoms with Crippen molar-refractivity contribution in [3.05, 3.63) is 27.7 Å². The number of benzene rings is 1. The van der Waals surface area contributed by atoms with Gasteiger partial charge in [-0.2, -0.15) is 0 Å². The summed E-state index contributed by atoms with van der Waals surface area (Å²) in [6.45, 7) is 2.32. The lowest BCUT2D eigenvalue weighted by Crippen LogP contribution is -2.52. The molecule has 1 aliphatic heterocycles. The Morgan fingerprint density at radius 3 is 2.95 bits per heavy atom. The fourth-order valence-corrected chi connectivity index (χ4v) is 2.79. The number of carboxylic acid groups (broad SMARTS) is 1. The summed E-state index contributed by atoms with van der Waals surface area (Å²) in [5, 5.41) is 13.3. The molecular formula is C13H15BrClNO3. The molecule has 2 atom stereocenters. The van der Waals surface area contributed by atoms with Gasteiger partial charge in [0.25, 0.3) is 0 Å². The Morgan fingerprint density at radius 1 is 1.63 bits per heavy atom. The Hall–Kier alpha value is -0.780. The van der Waals surface area contributed by atoms with Gasteiger partial charge in [0, 0.05) is 29.6 Å². The first-order valence-corrected chi connectivity index (χ1v) is 7.18. The average molecular weight is 349 g/mol. The van der Waals surface area contributed by atoms with Crippen LogP contribution >= 0.6 is 27.5 Å². The van der Waals surface area contributed by atoms with Crippen LogP contribution in [0.4, 0.5) is 5.69 Å². The van der Waals surface area contributed by atoms with Crippen LogP contribution in [0.25, 0.3) is 0 Å². The molecule has 1 aliphatic rings. The fraction of sp³-hybridized carbons (Fsp3) is 0.462. The summed E-state index contributed by atoms with van der Waals surface area (Å²) in [6, 6.07) is 5.29. The molecule has 2 rings (SSSR count). The Kier molecular flexibility index (Phi) is 4.38. The summed E-state index contributed by atoms with van der Waals surface area (Å²) in [7, 11) is 0. The molecule has 0 aliphatic carbocycles. The zero-order chi connectivity index (χ0) is 14.0. The Balaban J connectivity index is 2.25. The summed E-state index contributed by atoms with van der Waals surface area (Å²) in [5.41, 5.74) is -0.252. The Labute approximate surface area is 125 Å². The van der Waals surface area contributed by atoms with Crippen molar-refractivity contribution in [3.63, 3.8) is 0 Å². The SMILES string of the molecule is CC1CC(Nc2ccc(Cl)c(Br)c2)(C(=O)O)CCO1. The first kappa shape index (κ1) is 14.6. The quantitative estimate of drug-likeness (QED) is 0.877. The van der Waals surface area contributed by atoms with Crippen LogP contribution in [0.3, 0.4) is 0 Å². The summed E-state index contributed by atoms with van der Waals surface area (Å²) < 4.78 is 6.17. The zero-order valence-electron chi connectivity index (χ0n) is 10.5. The van der Waals surface area contributed by atoms with Gasteiger partial charge in [-0.15, -0.1) is 0 Å². The second kappa shape index (κ2) is 5.69. The molecule has 1 fully saturated rings. The molecule has 4 nitrogen and oxygen atoms in total. The lowest BCUT2D eigenvalue weighted by atomic mass is 9.86. The lowest BCUT2D eigenvalue weighted by Gasteiger charge is -2.37. The number of ether oxygens (including phenoxy) is 1. The minimum absolute atomic E-state index is 0.0758. The van der Waals surface area contributed by atoms with Crippen LogP contribution in [0.2, 0.25) is 5.02 Å². The van der Waals surface area contributed by atoms with Crippen LogP contribution < -0.4 is 5.32 Å². The predicted molar refractivity (Wildman–Crippen MR) is 77.8 cm³/mol. The van der Waals surface area contributed by atoms with Gasteiger partial charge in [-0.25, -0.2) is 4.79 Å². The summed E-state index contributed by atoms with van der Waals surface area (Å²) in [5.74, 6) is -0.853. The molecule has 0 aromatic heterocycles. The number of carboxylic acids is 1. The first-order valence-electron chi connectivity index (χ1n) is 6.01. The highest BCUT2D eigenvalue weighted by Gasteiger charge is 2.42. The van der Waals surface area contributed by atoms with Crippen molar-refractivity contribution in [2.45, 2.75) is 31.4 Å².